The Morgan fingerprint density at radius 2 is 2.40 bits per heavy atom. The Balaban J connectivity index is 2.17. The van der Waals surface area contributed by atoms with E-state index in [0.29, 0.717) is 19.1 Å². The van der Waals surface area contributed by atoms with E-state index in [9.17, 15) is 0 Å². The monoisotopic (exact) mass is 222 g/mol. The zero-order chi connectivity index (χ0) is 10.9. The summed E-state index contributed by atoms with van der Waals surface area (Å²) in [6.07, 6.45) is 0.993. The smallest absolute Gasteiger partial charge is 0.146 e. The number of nitrogens with zero attached hydrogens (tertiary/aromatic N) is 2. The second kappa shape index (κ2) is 3.92. The molecule has 1 aliphatic rings. The number of hydrogen-bond acceptors (Lipinski definition) is 4. The summed E-state index contributed by atoms with van der Waals surface area (Å²) in [4.78, 5) is 4.53. The van der Waals surface area contributed by atoms with Crippen molar-refractivity contribution in [3.05, 3.63) is 16.1 Å². The van der Waals surface area contributed by atoms with Gasteiger partial charge in [0.25, 0.3) is 0 Å². The van der Waals surface area contributed by atoms with Gasteiger partial charge in [-0.15, -0.1) is 11.3 Å². The molecule has 2 rings (SSSR count). The van der Waals surface area contributed by atoms with Crippen molar-refractivity contribution >= 4 is 11.3 Å². The maximum atomic E-state index is 9.12. The Morgan fingerprint density at radius 1 is 1.67 bits per heavy atom. The Morgan fingerprint density at radius 3 is 2.87 bits per heavy atom. The van der Waals surface area contributed by atoms with Crippen molar-refractivity contribution in [2.75, 3.05) is 13.2 Å². The van der Waals surface area contributed by atoms with Gasteiger partial charge in [-0.25, -0.2) is 4.98 Å². The first kappa shape index (κ1) is 10.6. The lowest BCUT2D eigenvalue weighted by Gasteiger charge is -2.33. The summed E-state index contributed by atoms with van der Waals surface area (Å²) in [5.74, 6) is 0.611. The molecule has 0 unspecified atom stereocenters. The van der Waals surface area contributed by atoms with Gasteiger partial charge in [-0.1, -0.05) is 13.8 Å². The van der Waals surface area contributed by atoms with E-state index in [0.717, 1.165) is 17.1 Å². The highest BCUT2D eigenvalue weighted by molar-refractivity contribution is 7.09. The quantitative estimate of drug-likeness (QED) is 0.787. The van der Waals surface area contributed by atoms with E-state index >= 15 is 0 Å². The molecular weight excluding hydrogens is 208 g/mol. The van der Waals surface area contributed by atoms with Gasteiger partial charge in [0, 0.05) is 11.8 Å². The second-order valence-corrected chi connectivity index (χ2v) is 5.35. The Hall–Kier alpha value is -0.920. The summed E-state index contributed by atoms with van der Waals surface area (Å²) in [6, 6.07) is 2.32. The lowest BCUT2D eigenvalue weighted by Crippen LogP contribution is -2.45. The number of ether oxygens (including phenoxy) is 1. The molecule has 2 heterocycles. The molecule has 80 valence electrons. The van der Waals surface area contributed by atoms with Gasteiger partial charge < -0.3 is 4.74 Å². The zero-order valence-corrected chi connectivity index (χ0v) is 9.80. The van der Waals surface area contributed by atoms with Crippen LogP contribution < -0.4 is 0 Å². The number of rotatable bonds is 3. The van der Waals surface area contributed by atoms with E-state index in [1.165, 1.54) is 0 Å². The van der Waals surface area contributed by atoms with E-state index in [4.69, 9.17) is 10.00 Å². The molecule has 0 spiro atoms. The van der Waals surface area contributed by atoms with Crippen LogP contribution in [0.1, 0.15) is 24.5 Å². The van der Waals surface area contributed by atoms with Crippen LogP contribution in [0.5, 0.6) is 0 Å². The van der Waals surface area contributed by atoms with Gasteiger partial charge in [0.05, 0.1) is 30.0 Å². The first-order chi connectivity index (χ1) is 7.16. The van der Waals surface area contributed by atoms with Crippen LogP contribution in [-0.4, -0.2) is 18.2 Å². The lowest BCUT2D eigenvalue weighted by molar-refractivity contribution is -0.0315. The van der Waals surface area contributed by atoms with Crippen LogP contribution in [0.15, 0.2) is 5.38 Å². The lowest BCUT2D eigenvalue weighted by atomic mass is 9.85. The fraction of sp³-hybridized carbons (Fsp3) is 0.636. The standard InChI is InChI=1S/C11H14N2OS/c1-8(2)3-10-13-9(4-15-10)11(5-12)6-14-7-11/h4,8H,3,6-7H2,1-2H3. The predicted molar refractivity (Wildman–Crippen MR) is 58.8 cm³/mol. The van der Waals surface area contributed by atoms with Gasteiger partial charge in [0.15, 0.2) is 0 Å². The SMILES string of the molecule is CC(C)Cc1nc(C2(C#N)COC2)cs1. The van der Waals surface area contributed by atoms with Crippen molar-refractivity contribution in [1.29, 1.82) is 5.26 Å². The molecule has 3 nitrogen and oxygen atoms in total. The van der Waals surface area contributed by atoms with Crippen LogP contribution in [0.2, 0.25) is 0 Å². The maximum absolute atomic E-state index is 9.12. The largest absolute Gasteiger partial charge is 0.377 e. The van der Waals surface area contributed by atoms with E-state index in [1.54, 1.807) is 11.3 Å². The molecule has 0 saturated carbocycles. The summed E-state index contributed by atoms with van der Waals surface area (Å²) in [5, 5.41) is 12.2. The van der Waals surface area contributed by atoms with E-state index in [1.807, 2.05) is 5.38 Å². The number of thiazole rings is 1. The number of hydrogen-bond donors (Lipinski definition) is 0. The maximum Gasteiger partial charge on any atom is 0.146 e. The Labute approximate surface area is 93.7 Å². The normalized spacial score (nSPS) is 18.5. The van der Waals surface area contributed by atoms with Crippen molar-refractivity contribution in [2.45, 2.75) is 25.7 Å². The van der Waals surface area contributed by atoms with Crippen LogP contribution in [0.4, 0.5) is 0 Å². The highest BCUT2D eigenvalue weighted by Crippen LogP contribution is 2.32. The Bertz CT molecular complexity index is 388. The first-order valence-corrected chi connectivity index (χ1v) is 5.98. The molecule has 1 aliphatic heterocycles. The molecule has 0 atom stereocenters. The third-order valence-corrected chi connectivity index (χ3v) is 3.41. The van der Waals surface area contributed by atoms with Crippen molar-refractivity contribution < 1.29 is 4.74 Å². The van der Waals surface area contributed by atoms with Gasteiger partial charge in [0.1, 0.15) is 5.41 Å². The molecule has 0 N–H and O–H groups in total. The molecule has 0 aromatic carbocycles. The second-order valence-electron chi connectivity index (χ2n) is 4.41. The molecule has 0 aliphatic carbocycles. The molecule has 1 saturated heterocycles. The first-order valence-electron chi connectivity index (χ1n) is 5.10. The summed E-state index contributed by atoms with van der Waals surface area (Å²) in [5.41, 5.74) is 0.447. The fourth-order valence-corrected chi connectivity index (χ4v) is 2.66. The molecule has 4 heteroatoms. The minimum Gasteiger partial charge on any atom is -0.377 e. The van der Waals surface area contributed by atoms with Crippen molar-refractivity contribution in [1.82, 2.24) is 4.98 Å². The minimum absolute atomic E-state index is 0.453. The Kier molecular flexibility index (Phi) is 2.76. The molecule has 0 radical (unpaired) electrons. The summed E-state index contributed by atoms with van der Waals surface area (Å²) in [6.45, 7) is 5.34. The van der Waals surface area contributed by atoms with Crippen LogP contribution in [0, 0.1) is 17.2 Å². The molecule has 0 amide bonds. The summed E-state index contributed by atoms with van der Waals surface area (Å²) < 4.78 is 5.12. The van der Waals surface area contributed by atoms with Crippen LogP contribution in [0.25, 0.3) is 0 Å². The molecule has 0 bridgehead atoms. The van der Waals surface area contributed by atoms with E-state index in [-0.39, 0.29) is 0 Å². The van der Waals surface area contributed by atoms with Crippen molar-refractivity contribution in [3.8, 4) is 6.07 Å². The van der Waals surface area contributed by atoms with Crippen molar-refractivity contribution in [3.63, 3.8) is 0 Å². The van der Waals surface area contributed by atoms with E-state index in [2.05, 4.69) is 24.9 Å². The van der Waals surface area contributed by atoms with Crippen molar-refractivity contribution in [2.24, 2.45) is 5.92 Å². The van der Waals surface area contributed by atoms with Gasteiger partial charge >= 0.3 is 0 Å². The van der Waals surface area contributed by atoms with Gasteiger partial charge in [-0.05, 0) is 5.92 Å². The summed E-state index contributed by atoms with van der Waals surface area (Å²) in [7, 11) is 0. The van der Waals surface area contributed by atoms with Crippen LogP contribution >= 0.6 is 11.3 Å². The number of nitriles is 1. The molecule has 1 aromatic heterocycles. The van der Waals surface area contributed by atoms with Crippen LogP contribution in [-0.2, 0) is 16.6 Å². The zero-order valence-electron chi connectivity index (χ0n) is 8.99. The molecule has 1 fully saturated rings. The fourth-order valence-electron chi connectivity index (χ4n) is 1.55. The highest BCUT2D eigenvalue weighted by Gasteiger charge is 2.42. The average Bonchev–Trinajstić information content (AvgIpc) is 2.51. The van der Waals surface area contributed by atoms with Gasteiger partial charge in [-0.2, -0.15) is 5.26 Å². The van der Waals surface area contributed by atoms with E-state index < -0.39 is 5.41 Å². The average molecular weight is 222 g/mol. The minimum atomic E-state index is -0.453. The van der Waals surface area contributed by atoms with Crippen LogP contribution in [0.3, 0.4) is 0 Å². The molecule has 1 aromatic rings. The highest BCUT2D eigenvalue weighted by atomic mass is 32.1. The third-order valence-electron chi connectivity index (χ3n) is 2.54. The molecular formula is C11H14N2OS. The van der Waals surface area contributed by atoms with Gasteiger partial charge in [-0.3, -0.25) is 0 Å². The third kappa shape index (κ3) is 1.90. The number of aromatic nitrogens is 1. The van der Waals surface area contributed by atoms with Gasteiger partial charge in [0.2, 0.25) is 0 Å². The predicted octanol–water partition coefficient (Wildman–Crippen LogP) is 2.13. The summed E-state index contributed by atoms with van der Waals surface area (Å²) >= 11 is 1.65. The topological polar surface area (TPSA) is 45.9 Å². The molecule has 15 heavy (non-hydrogen) atoms.